The van der Waals surface area contributed by atoms with E-state index < -0.39 is 9.84 Å². The smallest absolute Gasteiger partial charge is 0.151 e. The summed E-state index contributed by atoms with van der Waals surface area (Å²) in [6.45, 7) is 1.66. The van der Waals surface area contributed by atoms with E-state index in [1.165, 1.54) is 0 Å². The van der Waals surface area contributed by atoms with Crippen LogP contribution < -0.4 is 0 Å². The molecule has 1 saturated carbocycles. The predicted octanol–water partition coefficient (Wildman–Crippen LogP) is 1.75. The second kappa shape index (κ2) is 4.79. The zero-order valence-electron chi connectivity index (χ0n) is 8.57. The van der Waals surface area contributed by atoms with Gasteiger partial charge in [-0.05, 0) is 25.7 Å². The van der Waals surface area contributed by atoms with Gasteiger partial charge >= 0.3 is 0 Å². The van der Waals surface area contributed by atoms with E-state index in [4.69, 9.17) is 5.26 Å². The predicted molar refractivity (Wildman–Crippen MR) is 55.4 cm³/mol. The molecule has 3 nitrogen and oxygen atoms in total. The van der Waals surface area contributed by atoms with Crippen LogP contribution in [0.15, 0.2) is 0 Å². The summed E-state index contributed by atoms with van der Waals surface area (Å²) in [5.74, 6) is 0.297. The summed E-state index contributed by atoms with van der Waals surface area (Å²) in [6.07, 6.45) is 4.41. The lowest BCUT2D eigenvalue weighted by Crippen LogP contribution is -2.20. The van der Waals surface area contributed by atoms with E-state index in [1.807, 2.05) is 6.07 Å². The molecule has 0 saturated heterocycles. The molecule has 0 aromatic heterocycles. The Hall–Kier alpha value is -0.560. The van der Waals surface area contributed by atoms with Gasteiger partial charge in [0.05, 0.1) is 23.5 Å². The summed E-state index contributed by atoms with van der Waals surface area (Å²) in [4.78, 5) is 0. The third kappa shape index (κ3) is 3.67. The van der Waals surface area contributed by atoms with Crippen molar-refractivity contribution in [2.75, 3.05) is 11.5 Å². The van der Waals surface area contributed by atoms with Crippen molar-refractivity contribution in [1.29, 1.82) is 5.26 Å². The normalized spacial score (nSPS) is 20.6. The van der Waals surface area contributed by atoms with Crippen molar-refractivity contribution in [1.82, 2.24) is 0 Å². The lowest BCUT2D eigenvalue weighted by Gasteiger charge is -2.10. The Balaban J connectivity index is 2.45. The van der Waals surface area contributed by atoms with Gasteiger partial charge in [-0.1, -0.05) is 12.8 Å². The number of sulfone groups is 1. The molecule has 4 heteroatoms. The highest BCUT2D eigenvalue weighted by atomic mass is 32.2. The third-order valence-corrected chi connectivity index (χ3v) is 4.68. The molecule has 1 fully saturated rings. The van der Waals surface area contributed by atoms with Crippen molar-refractivity contribution in [2.45, 2.75) is 32.6 Å². The first kappa shape index (κ1) is 11.5. The van der Waals surface area contributed by atoms with Crippen LogP contribution in [0.25, 0.3) is 0 Å². The van der Waals surface area contributed by atoms with E-state index >= 15 is 0 Å². The van der Waals surface area contributed by atoms with E-state index in [1.54, 1.807) is 6.92 Å². The Morgan fingerprint density at radius 2 is 2.00 bits per heavy atom. The number of nitriles is 1. The van der Waals surface area contributed by atoms with Gasteiger partial charge in [-0.2, -0.15) is 5.26 Å². The Morgan fingerprint density at radius 1 is 1.43 bits per heavy atom. The molecule has 0 spiro atoms. The van der Waals surface area contributed by atoms with Crippen LogP contribution in [0.1, 0.15) is 32.6 Å². The SMILES string of the molecule is CC(C#N)CS(=O)(=O)CC1CCCC1. The molecule has 1 aliphatic carbocycles. The molecule has 0 heterocycles. The van der Waals surface area contributed by atoms with Crippen LogP contribution >= 0.6 is 0 Å². The standard InChI is InChI=1S/C10H17NO2S/c1-9(6-11)7-14(12,13)8-10-4-2-3-5-10/h9-10H,2-5,7-8H2,1H3. The van der Waals surface area contributed by atoms with E-state index in [0.29, 0.717) is 11.7 Å². The van der Waals surface area contributed by atoms with Gasteiger partial charge in [-0.25, -0.2) is 8.42 Å². The first-order valence-corrected chi connectivity index (χ1v) is 6.95. The number of nitrogens with zero attached hydrogens (tertiary/aromatic N) is 1. The summed E-state index contributed by atoms with van der Waals surface area (Å²) in [7, 11) is -3.00. The average Bonchev–Trinajstić information content (AvgIpc) is 2.54. The van der Waals surface area contributed by atoms with E-state index in [0.717, 1.165) is 25.7 Å². The number of hydrogen-bond acceptors (Lipinski definition) is 3. The van der Waals surface area contributed by atoms with E-state index in [-0.39, 0.29) is 11.7 Å². The Morgan fingerprint density at radius 3 is 2.50 bits per heavy atom. The van der Waals surface area contributed by atoms with Crippen LogP contribution in [-0.4, -0.2) is 19.9 Å². The van der Waals surface area contributed by atoms with Crippen LogP contribution in [0.5, 0.6) is 0 Å². The Labute approximate surface area is 86.0 Å². The second-order valence-corrected chi connectivity index (χ2v) is 6.41. The average molecular weight is 215 g/mol. The number of rotatable bonds is 4. The first-order chi connectivity index (χ1) is 6.53. The van der Waals surface area contributed by atoms with Gasteiger partial charge in [0, 0.05) is 0 Å². The highest BCUT2D eigenvalue weighted by Gasteiger charge is 2.23. The summed E-state index contributed by atoms with van der Waals surface area (Å²) in [6, 6.07) is 1.97. The summed E-state index contributed by atoms with van der Waals surface area (Å²) in [5.41, 5.74) is 0. The minimum absolute atomic E-state index is 0.0278. The van der Waals surface area contributed by atoms with Gasteiger partial charge in [-0.15, -0.1) is 0 Å². The molecular formula is C10H17NO2S. The van der Waals surface area contributed by atoms with Gasteiger partial charge in [-0.3, -0.25) is 0 Å². The van der Waals surface area contributed by atoms with Crippen LogP contribution in [0, 0.1) is 23.2 Å². The van der Waals surface area contributed by atoms with Gasteiger partial charge in [0.1, 0.15) is 0 Å². The minimum atomic E-state index is -3.00. The Kier molecular flexibility index (Phi) is 3.94. The van der Waals surface area contributed by atoms with Gasteiger partial charge in [0.25, 0.3) is 0 Å². The quantitative estimate of drug-likeness (QED) is 0.718. The molecule has 1 atom stereocenters. The van der Waals surface area contributed by atoms with Crippen molar-refractivity contribution in [3.63, 3.8) is 0 Å². The maximum absolute atomic E-state index is 11.6. The van der Waals surface area contributed by atoms with Crippen molar-refractivity contribution in [2.24, 2.45) is 11.8 Å². The summed E-state index contributed by atoms with van der Waals surface area (Å²) < 4.78 is 23.2. The molecule has 0 bridgehead atoms. The molecule has 0 aromatic rings. The molecule has 1 rings (SSSR count). The fourth-order valence-corrected chi connectivity index (χ4v) is 4.05. The van der Waals surface area contributed by atoms with Crippen molar-refractivity contribution in [3.8, 4) is 6.07 Å². The molecule has 0 N–H and O–H groups in total. The minimum Gasteiger partial charge on any atom is -0.229 e. The van der Waals surface area contributed by atoms with Gasteiger partial charge in [0.2, 0.25) is 0 Å². The largest absolute Gasteiger partial charge is 0.229 e. The zero-order chi connectivity index (χ0) is 10.6. The van der Waals surface area contributed by atoms with Crippen molar-refractivity contribution >= 4 is 9.84 Å². The van der Waals surface area contributed by atoms with Gasteiger partial charge < -0.3 is 0 Å². The van der Waals surface area contributed by atoms with Crippen molar-refractivity contribution in [3.05, 3.63) is 0 Å². The number of hydrogen-bond donors (Lipinski definition) is 0. The first-order valence-electron chi connectivity index (χ1n) is 5.13. The molecule has 0 amide bonds. The zero-order valence-corrected chi connectivity index (χ0v) is 9.39. The lowest BCUT2D eigenvalue weighted by atomic mass is 10.1. The summed E-state index contributed by atoms with van der Waals surface area (Å²) in [5, 5.41) is 8.54. The molecule has 0 aliphatic heterocycles. The van der Waals surface area contributed by atoms with Crippen LogP contribution in [-0.2, 0) is 9.84 Å². The molecule has 80 valence electrons. The van der Waals surface area contributed by atoms with E-state index in [9.17, 15) is 8.42 Å². The van der Waals surface area contributed by atoms with Crippen LogP contribution in [0.4, 0.5) is 0 Å². The maximum atomic E-state index is 11.6. The maximum Gasteiger partial charge on any atom is 0.151 e. The Bertz CT molecular complexity index is 310. The molecule has 14 heavy (non-hydrogen) atoms. The highest BCUT2D eigenvalue weighted by molar-refractivity contribution is 7.91. The highest BCUT2D eigenvalue weighted by Crippen LogP contribution is 2.26. The topological polar surface area (TPSA) is 57.9 Å². The van der Waals surface area contributed by atoms with Gasteiger partial charge in [0.15, 0.2) is 9.84 Å². The fourth-order valence-electron chi connectivity index (χ4n) is 2.02. The third-order valence-electron chi connectivity index (χ3n) is 2.69. The second-order valence-electron chi connectivity index (χ2n) is 4.26. The fraction of sp³-hybridized carbons (Fsp3) is 0.900. The van der Waals surface area contributed by atoms with Crippen LogP contribution in [0.3, 0.4) is 0 Å². The molecule has 1 aliphatic rings. The molecular weight excluding hydrogens is 198 g/mol. The van der Waals surface area contributed by atoms with Crippen LogP contribution in [0.2, 0.25) is 0 Å². The lowest BCUT2D eigenvalue weighted by molar-refractivity contribution is 0.554. The monoisotopic (exact) mass is 215 g/mol. The van der Waals surface area contributed by atoms with Crippen molar-refractivity contribution < 1.29 is 8.42 Å². The summed E-state index contributed by atoms with van der Waals surface area (Å²) >= 11 is 0. The molecule has 0 aromatic carbocycles. The molecule has 0 radical (unpaired) electrons. The van der Waals surface area contributed by atoms with E-state index in [2.05, 4.69) is 0 Å². The molecule has 1 unspecified atom stereocenters.